The van der Waals surface area contributed by atoms with Crippen LogP contribution in [0.5, 0.6) is 5.75 Å². The molecule has 0 fully saturated rings. The van der Waals surface area contributed by atoms with E-state index < -0.39 is 17.8 Å². The Morgan fingerprint density at radius 2 is 1.75 bits per heavy atom. The lowest BCUT2D eigenvalue weighted by atomic mass is 10.1. The number of nitrogens with one attached hydrogen (secondary N) is 1. The van der Waals surface area contributed by atoms with Crippen molar-refractivity contribution in [3.8, 4) is 5.75 Å². The maximum atomic E-state index is 14.1. The van der Waals surface area contributed by atoms with Crippen LogP contribution >= 0.6 is 11.6 Å². The van der Waals surface area contributed by atoms with Crippen LogP contribution in [0.4, 0.5) is 4.39 Å². The molecule has 2 rings (SSSR count). The van der Waals surface area contributed by atoms with E-state index in [1.54, 1.807) is 49.4 Å². The van der Waals surface area contributed by atoms with Gasteiger partial charge < -0.3 is 15.0 Å². The van der Waals surface area contributed by atoms with E-state index in [0.29, 0.717) is 16.3 Å². The molecular formula is C21H24ClFN2O3. The van der Waals surface area contributed by atoms with Gasteiger partial charge in [0, 0.05) is 18.2 Å². The van der Waals surface area contributed by atoms with Gasteiger partial charge in [-0.1, -0.05) is 41.9 Å². The van der Waals surface area contributed by atoms with Crippen molar-refractivity contribution >= 4 is 23.4 Å². The van der Waals surface area contributed by atoms with E-state index in [-0.39, 0.29) is 25.1 Å². The standard InChI is InChI=1S/C21H24ClFN2O3/c1-14(2)24-21(27)15(3)25(12-16-8-4-6-10-18(16)23)20(26)13-28-19-11-7-5-9-17(19)22/h4-11,14-15H,12-13H2,1-3H3,(H,24,27)/t15-/m1/s1. The van der Waals surface area contributed by atoms with Crippen molar-refractivity contribution < 1.29 is 18.7 Å². The number of halogens is 2. The summed E-state index contributed by atoms with van der Waals surface area (Å²) < 4.78 is 19.6. The van der Waals surface area contributed by atoms with Gasteiger partial charge in [-0.05, 0) is 39.0 Å². The predicted octanol–water partition coefficient (Wildman–Crippen LogP) is 3.80. The Kier molecular flexibility index (Phi) is 7.81. The molecule has 0 bridgehead atoms. The van der Waals surface area contributed by atoms with Gasteiger partial charge in [-0.2, -0.15) is 0 Å². The summed E-state index contributed by atoms with van der Waals surface area (Å²) in [6.07, 6.45) is 0. The number of rotatable bonds is 8. The summed E-state index contributed by atoms with van der Waals surface area (Å²) >= 11 is 6.04. The lowest BCUT2D eigenvalue weighted by Crippen LogP contribution is -2.50. The minimum absolute atomic E-state index is 0.0515. The Labute approximate surface area is 169 Å². The smallest absolute Gasteiger partial charge is 0.261 e. The Morgan fingerprint density at radius 3 is 2.39 bits per heavy atom. The molecule has 150 valence electrons. The van der Waals surface area contributed by atoms with Crippen LogP contribution in [0, 0.1) is 5.82 Å². The molecule has 0 radical (unpaired) electrons. The molecule has 0 spiro atoms. The van der Waals surface area contributed by atoms with Gasteiger partial charge in [0.1, 0.15) is 17.6 Å². The van der Waals surface area contributed by atoms with E-state index in [1.807, 2.05) is 13.8 Å². The zero-order chi connectivity index (χ0) is 20.7. The van der Waals surface area contributed by atoms with Gasteiger partial charge in [-0.25, -0.2) is 4.39 Å². The van der Waals surface area contributed by atoms with Crippen LogP contribution in [0.25, 0.3) is 0 Å². The summed E-state index contributed by atoms with van der Waals surface area (Å²) in [6, 6.07) is 12.0. The normalized spacial score (nSPS) is 11.8. The largest absolute Gasteiger partial charge is 0.482 e. The van der Waals surface area contributed by atoms with Crippen molar-refractivity contribution in [3.05, 3.63) is 64.9 Å². The molecule has 0 aliphatic carbocycles. The minimum atomic E-state index is -0.802. The van der Waals surface area contributed by atoms with E-state index in [1.165, 1.54) is 11.0 Å². The topological polar surface area (TPSA) is 58.6 Å². The molecule has 0 aliphatic rings. The quantitative estimate of drug-likeness (QED) is 0.725. The molecule has 1 N–H and O–H groups in total. The van der Waals surface area contributed by atoms with Crippen molar-refractivity contribution in [3.63, 3.8) is 0 Å². The maximum absolute atomic E-state index is 14.1. The highest BCUT2D eigenvalue weighted by Crippen LogP contribution is 2.23. The van der Waals surface area contributed by atoms with Crippen LogP contribution < -0.4 is 10.1 Å². The van der Waals surface area contributed by atoms with Crippen LogP contribution in [0.2, 0.25) is 5.02 Å². The Hall–Kier alpha value is -2.60. The van der Waals surface area contributed by atoms with E-state index in [9.17, 15) is 14.0 Å². The van der Waals surface area contributed by atoms with Gasteiger partial charge in [0.05, 0.1) is 5.02 Å². The molecule has 0 saturated heterocycles. The second-order valence-electron chi connectivity index (χ2n) is 6.67. The molecule has 28 heavy (non-hydrogen) atoms. The average molecular weight is 407 g/mol. The van der Waals surface area contributed by atoms with Crippen LogP contribution in [0.1, 0.15) is 26.3 Å². The van der Waals surface area contributed by atoms with Crippen molar-refractivity contribution in [1.82, 2.24) is 10.2 Å². The van der Waals surface area contributed by atoms with Gasteiger partial charge in [0.15, 0.2) is 6.61 Å². The van der Waals surface area contributed by atoms with E-state index in [2.05, 4.69) is 5.32 Å². The molecule has 1 atom stereocenters. The molecule has 0 saturated carbocycles. The summed E-state index contributed by atoms with van der Waals surface area (Å²) in [4.78, 5) is 26.6. The molecule has 2 amide bonds. The zero-order valence-corrected chi connectivity index (χ0v) is 16.9. The van der Waals surface area contributed by atoms with Gasteiger partial charge in [0.25, 0.3) is 5.91 Å². The molecule has 2 aromatic carbocycles. The van der Waals surface area contributed by atoms with Crippen LogP contribution in [-0.2, 0) is 16.1 Å². The molecule has 7 heteroatoms. The van der Waals surface area contributed by atoms with E-state index in [4.69, 9.17) is 16.3 Å². The molecule has 2 aromatic rings. The first kappa shape index (κ1) is 21.7. The first-order valence-corrected chi connectivity index (χ1v) is 9.38. The third-order valence-corrected chi connectivity index (χ3v) is 4.40. The molecule has 0 unspecified atom stereocenters. The van der Waals surface area contributed by atoms with Crippen molar-refractivity contribution in [2.24, 2.45) is 0 Å². The fraction of sp³-hybridized carbons (Fsp3) is 0.333. The third kappa shape index (κ3) is 5.96. The summed E-state index contributed by atoms with van der Waals surface area (Å²) in [7, 11) is 0. The second-order valence-corrected chi connectivity index (χ2v) is 7.08. The van der Waals surface area contributed by atoms with E-state index >= 15 is 0 Å². The van der Waals surface area contributed by atoms with Crippen LogP contribution in [0.15, 0.2) is 48.5 Å². The number of amides is 2. The number of ether oxygens (including phenoxy) is 1. The summed E-state index contributed by atoms with van der Waals surface area (Å²) in [5.41, 5.74) is 0.317. The summed E-state index contributed by atoms with van der Waals surface area (Å²) in [5, 5.41) is 3.15. The summed E-state index contributed by atoms with van der Waals surface area (Å²) in [5.74, 6) is -0.849. The monoisotopic (exact) mass is 406 g/mol. The van der Waals surface area contributed by atoms with Crippen molar-refractivity contribution in [2.75, 3.05) is 6.61 Å². The number of carbonyl (C=O) groups is 2. The number of hydrogen-bond donors (Lipinski definition) is 1. The fourth-order valence-electron chi connectivity index (χ4n) is 2.58. The summed E-state index contributed by atoms with van der Waals surface area (Å²) in [6.45, 7) is 4.88. The molecule has 0 heterocycles. The lowest BCUT2D eigenvalue weighted by Gasteiger charge is -2.29. The van der Waals surface area contributed by atoms with Crippen molar-refractivity contribution in [1.29, 1.82) is 0 Å². The van der Waals surface area contributed by atoms with Crippen LogP contribution in [0.3, 0.4) is 0 Å². The van der Waals surface area contributed by atoms with Gasteiger partial charge >= 0.3 is 0 Å². The number of benzene rings is 2. The van der Waals surface area contributed by atoms with Gasteiger partial charge in [-0.3, -0.25) is 9.59 Å². The van der Waals surface area contributed by atoms with Gasteiger partial charge in [-0.15, -0.1) is 0 Å². The minimum Gasteiger partial charge on any atom is -0.482 e. The van der Waals surface area contributed by atoms with Crippen molar-refractivity contribution in [2.45, 2.75) is 39.4 Å². The van der Waals surface area contributed by atoms with Crippen LogP contribution in [-0.4, -0.2) is 35.4 Å². The highest BCUT2D eigenvalue weighted by Gasteiger charge is 2.27. The lowest BCUT2D eigenvalue weighted by molar-refractivity contribution is -0.142. The first-order chi connectivity index (χ1) is 13.3. The van der Waals surface area contributed by atoms with E-state index in [0.717, 1.165) is 0 Å². The zero-order valence-electron chi connectivity index (χ0n) is 16.1. The second kappa shape index (κ2) is 10.1. The van der Waals surface area contributed by atoms with Gasteiger partial charge in [0.2, 0.25) is 5.91 Å². The Morgan fingerprint density at radius 1 is 1.11 bits per heavy atom. The Balaban J connectivity index is 2.18. The fourth-order valence-corrected chi connectivity index (χ4v) is 2.77. The molecule has 0 aromatic heterocycles. The number of nitrogens with zero attached hydrogens (tertiary/aromatic N) is 1. The molecule has 5 nitrogen and oxygen atoms in total. The average Bonchev–Trinajstić information content (AvgIpc) is 2.65. The number of carbonyl (C=O) groups excluding carboxylic acids is 2. The SMILES string of the molecule is CC(C)NC(=O)[C@@H](C)N(Cc1ccccc1F)C(=O)COc1ccccc1Cl. The number of para-hydroxylation sites is 1. The highest BCUT2D eigenvalue weighted by molar-refractivity contribution is 6.32. The number of hydrogen-bond acceptors (Lipinski definition) is 3. The third-order valence-electron chi connectivity index (χ3n) is 4.08. The molecule has 0 aliphatic heterocycles. The molecular weight excluding hydrogens is 383 g/mol. The predicted molar refractivity (Wildman–Crippen MR) is 107 cm³/mol. The maximum Gasteiger partial charge on any atom is 0.261 e. The highest BCUT2D eigenvalue weighted by atomic mass is 35.5. The first-order valence-electron chi connectivity index (χ1n) is 9.00. The Bertz CT molecular complexity index is 829.